The zero-order chi connectivity index (χ0) is 17.2. The lowest BCUT2D eigenvalue weighted by atomic mass is 10.0. The average Bonchev–Trinajstić information content (AvgIpc) is 3.15. The summed E-state index contributed by atoms with van der Waals surface area (Å²) in [4.78, 5) is 20.5. The second kappa shape index (κ2) is 6.51. The van der Waals surface area contributed by atoms with E-state index in [1.54, 1.807) is 12.4 Å². The molecule has 2 aromatic heterocycles. The van der Waals surface area contributed by atoms with Crippen LogP contribution in [0, 0.1) is 0 Å². The molecule has 3 N–H and O–H groups in total. The van der Waals surface area contributed by atoms with E-state index in [1.165, 1.54) is 12.8 Å². The summed E-state index contributed by atoms with van der Waals surface area (Å²) in [5.74, 6) is -0.457. The summed E-state index contributed by atoms with van der Waals surface area (Å²) in [5.41, 5.74) is 9.76. The normalized spacial score (nSPS) is 14.7. The second-order valence-electron chi connectivity index (χ2n) is 6.51. The van der Waals surface area contributed by atoms with Crippen LogP contribution in [0.25, 0.3) is 22.0 Å². The quantitative estimate of drug-likeness (QED) is 0.762. The number of carbonyl (C=O) groups is 1. The van der Waals surface area contributed by atoms with E-state index in [9.17, 15) is 4.79 Å². The maximum absolute atomic E-state index is 11.9. The largest absolute Gasteiger partial charge is 0.381 e. The van der Waals surface area contributed by atoms with Crippen LogP contribution < -0.4 is 11.1 Å². The monoisotopic (exact) mass is 332 g/mol. The van der Waals surface area contributed by atoms with Crippen molar-refractivity contribution >= 4 is 22.5 Å². The van der Waals surface area contributed by atoms with Crippen molar-refractivity contribution in [3.63, 3.8) is 0 Å². The summed E-state index contributed by atoms with van der Waals surface area (Å²) in [6.45, 7) is 0. The number of aromatic nitrogens is 2. The first-order valence-corrected chi connectivity index (χ1v) is 8.62. The van der Waals surface area contributed by atoms with Gasteiger partial charge in [0.15, 0.2) is 0 Å². The Labute approximate surface area is 146 Å². The molecule has 0 bridgehead atoms. The number of primary amides is 1. The molecule has 5 nitrogen and oxygen atoms in total. The molecule has 0 unspecified atom stereocenters. The first-order chi connectivity index (χ1) is 12.2. The van der Waals surface area contributed by atoms with E-state index in [1.807, 2.05) is 30.5 Å². The van der Waals surface area contributed by atoms with Crippen LogP contribution in [-0.4, -0.2) is 21.9 Å². The van der Waals surface area contributed by atoms with Crippen LogP contribution in [0.4, 0.5) is 5.69 Å². The zero-order valence-corrected chi connectivity index (χ0v) is 13.9. The topological polar surface area (TPSA) is 80.9 Å². The second-order valence-corrected chi connectivity index (χ2v) is 6.51. The van der Waals surface area contributed by atoms with Crippen LogP contribution >= 0.6 is 0 Å². The number of anilines is 1. The van der Waals surface area contributed by atoms with Gasteiger partial charge in [0, 0.05) is 35.6 Å². The minimum absolute atomic E-state index is 0.380. The highest BCUT2D eigenvalue weighted by Gasteiger charge is 2.20. The number of pyridine rings is 2. The highest BCUT2D eigenvalue weighted by Crippen LogP contribution is 2.32. The molecule has 0 spiro atoms. The molecule has 1 saturated carbocycles. The minimum atomic E-state index is -0.457. The van der Waals surface area contributed by atoms with Gasteiger partial charge < -0.3 is 11.1 Å². The van der Waals surface area contributed by atoms with E-state index in [0.29, 0.717) is 11.6 Å². The van der Waals surface area contributed by atoms with Gasteiger partial charge in [0.2, 0.25) is 0 Å². The van der Waals surface area contributed by atoms with Crippen LogP contribution in [0.15, 0.2) is 48.9 Å². The van der Waals surface area contributed by atoms with Gasteiger partial charge in [-0.25, -0.2) is 0 Å². The molecule has 126 valence electrons. The summed E-state index contributed by atoms with van der Waals surface area (Å²) in [6, 6.07) is 10.4. The van der Waals surface area contributed by atoms with E-state index in [4.69, 9.17) is 5.73 Å². The number of carbonyl (C=O) groups excluding carboxylic acids is 1. The number of nitrogens with two attached hydrogens (primary N) is 1. The number of nitrogens with one attached hydrogen (secondary N) is 1. The third kappa shape index (κ3) is 3.05. The van der Waals surface area contributed by atoms with Gasteiger partial charge in [-0.1, -0.05) is 25.0 Å². The minimum Gasteiger partial charge on any atom is -0.381 e. The third-order valence-electron chi connectivity index (χ3n) is 4.83. The maximum Gasteiger partial charge on any atom is 0.252 e. The summed E-state index contributed by atoms with van der Waals surface area (Å²) >= 11 is 0. The van der Waals surface area contributed by atoms with E-state index >= 15 is 0 Å². The molecule has 0 radical (unpaired) electrons. The Hall–Kier alpha value is -2.95. The third-order valence-corrected chi connectivity index (χ3v) is 4.83. The van der Waals surface area contributed by atoms with Crippen LogP contribution in [0.5, 0.6) is 0 Å². The molecule has 4 rings (SSSR count). The summed E-state index contributed by atoms with van der Waals surface area (Å²) in [6.07, 6.45) is 9.82. The van der Waals surface area contributed by atoms with Crippen LogP contribution in [0.1, 0.15) is 36.0 Å². The van der Waals surface area contributed by atoms with Crippen molar-refractivity contribution in [3.8, 4) is 11.1 Å². The Morgan fingerprint density at radius 2 is 1.96 bits per heavy atom. The van der Waals surface area contributed by atoms with Gasteiger partial charge in [-0.15, -0.1) is 0 Å². The SMILES string of the molecule is NC(=O)c1cnc2ccc(-c3cccnc3)cc2c1NC1CCCC1. The first kappa shape index (κ1) is 15.6. The van der Waals surface area contributed by atoms with Gasteiger partial charge in [-0.05, 0) is 36.6 Å². The number of rotatable bonds is 4. The molecule has 2 heterocycles. The van der Waals surface area contributed by atoms with E-state index in [0.717, 1.165) is 40.6 Å². The fraction of sp³-hybridized carbons (Fsp3) is 0.250. The van der Waals surface area contributed by atoms with Crippen molar-refractivity contribution in [2.75, 3.05) is 5.32 Å². The van der Waals surface area contributed by atoms with Crippen LogP contribution in [0.2, 0.25) is 0 Å². The molecule has 25 heavy (non-hydrogen) atoms. The van der Waals surface area contributed by atoms with E-state index < -0.39 is 5.91 Å². The fourth-order valence-corrected chi connectivity index (χ4v) is 3.52. The van der Waals surface area contributed by atoms with Crippen molar-refractivity contribution in [3.05, 3.63) is 54.5 Å². The van der Waals surface area contributed by atoms with Crippen molar-refractivity contribution in [2.24, 2.45) is 5.73 Å². The standard InChI is InChI=1S/C20H20N4O/c21-20(25)17-12-23-18-8-7-13(14-4-3-9-22-11-14)10-16(18)19(17)24-15-5-1-2-6-15/h3-4,7-12,15H,1-2,5-6H2,(H2,21,25)(H,23,24). The van der Waals surface area contributed by atoms with Crippen molar-refractivity contribution in [2.45, 2.75) is 31.7 Å². The highest BCUT2D eigenvalue weighted by molar-refractivity contribution is 6.07. The molecular weight excluding hydrogens is 312 g/mol. The zero-order valence-electron chi connectivity index (χ0n) is 13.9. The molecule has 1 fully saturated rings. The Kier molecular flexibility index (Phi) is 4.06. The fourth-order valence-electron chi connectivity index (χ4n) is 3.52. The maximum atomic E-state index is 11.9. The van der Waals surface area contributed by atoms with E-state index in [2.05, 4.69) is 21.4 Å². The molecule has 0 saturated heterocycles. The summed E-state index contributed by atoms with van der Waals surface area (Å²) in [5, 5.41) is 4.48. The lowest BCUT2D eigenvalue weighted by Crippen LogP contribution is -2.20. The number of fused-ring (bicyclic) bond motifs is 1. The first-order valence-electron chi connectivity index (χ1n) is 8.62. The Morgan fingerprint density at radius 1 is 1.12 bits per heavy atom. The van der Waals surface area contributed by atoms with Gasteiger partial charge in [0.25, 0.3) is 5.91 Å². The van der Waals surface area contributed by atoms with Gasteiger partial charge in [0.1, 0.15) is 0 Å². The number of hydrogen-bond acceptors (Lipinski definition) is 4. The van der Waals surface area contributed by atoms with E-state index in [-0.39, 0.29) is 0 Å². The van der Waals surface area contributed by atoms with Gasteiger partial charge >= 0.3 is 0 Å². The average molecular weight is 332 g/mol. The van der Waals surface area contributed by atoms with Crippen molar-refractivity contribution < 1.29 is 4.79 Å². The van der Waals surface area contributed by atoms with Crippen molar-refractivity contribution in [1.82, 2.24) is 9.97 Å². The number of hydrogen-bond donors (Lipinski definition) is 2. The lowest BCUT2D eigenvalue weighted by Gasteiger charge is -2.18. The Bertz CT molecular complexity index is 918. The van der Waals surface area contributed by atoms with Crippen LogP contribution in [-0.2, 0) is 0 Å². The number of nitrogens with zero attached hydrogens (tertiary/aromatic N) is 2. The predicted molar refractivity (Wildman–Crippen MR) is 99.4 cm³/mol. The van der Waals surface area contributed by atoms with Crippen LogP contribution in [0.3, 0.4) is 0 Å². The molecular formula is C20H20N4O. The lowest BCUT2D eigenvalue weighted by molar-refractivity contribution is 0.100. The van der Waals surface area contributed by atoms with Gasteiger partial charge in [-0.2, -0.15) is 0 Å². The molecule has 1 aliphatic rings. The van der Waals surface area contributed by atoms with Crippen molar-refractivity contribution in [1.29, 1.82) is 0 Å². The molecule has 0 atom stereocenters. The Balaban J connectivity index is 1.87. The molecule has 0 aliphatic heterocycles. The summed E-state index contributed by atoms with van der Waals surface area (Å²) < 4.78 is 0. The summed E-state index contributed by atoms with van der Waals surface area (Å²) in [7, 11) is 0. The number of amides is 1. The molecule has 1 aliphatic carbocycles. The van der Waals surface area contributed by atoms with Gasteiger partial charge in [-0.3, -0.25) is 14.8 Å². The van der Waals surface area contributed by atoms with Gasteiger partial charge in [0.05, 0.1) is 16.8 Å². The molecule has 5 heteroatoms. The highest BCUT2D eigenvalue weighted by atomic mass is 16.1. The smallest absolute Gasteiger partial charge is 0.252 e. The molecule has 3 aromatic rings. The Morgan fingerprint density at radius 3 is 2.68 bits per heavy atom. The predicted octanol–water partition coefficient (Wildman–Crippen LogP) is 3.75. The molecule has 1 aromatic carbocycles. The molecule has 1 amide bonds. The number of benzene rings is 1.